The monoisotopic (exact) mass is 253 g/mol. The van der Waals surface area contributed by atoms with Crippen molar-refractivity contribution in [2.75, 3.05) is 0 Å². The number of aryl methyl sites for hydroxylation is 1. The van der Waals surface area contributed by atoms with Crippen LogP contribution in [0, 0.1) is 17.0 Å². The van der Waals surface area contributed by atoms with Crippen molar-refractivity contribution in [3.63, 3.8) is 0 Å². The SMILES string of the molecule is Cc1ccccc1-n1ncc2ccc([N+](=O)[O-])cc21. The van der Waals surface area contributed by atoms with E-state index in [2.05, 4.69) is 5.10 Å². The van der Waals surface area contributed by atoms with Crippen molar-refractivity contribution >= 4 is 16.6 Å². The molecule has 0 saturated carbocycles. The summed E-state index contributed by atoms with van der Waals surface area (Å²) < 4.78 is 1.73. The first-order chi connectivity index (χ1) is 9.16. The molecule has 19 heavy (non-hydrogen) atoms. The zero-order chi connectivity index (χ0) is 13.4. The number of rotatable bonds is 2. The minimum atomic E-state index is -0.394. The number of aromatic nitrogens is 2. The van der Waals surface area contributed by atoms with Crippen LogP contribution in [0.3, 0.4) is 0 Å². The molecule has 2 aromatic carbocycles. The highest BCUT2D eigenvalue weighted by Gasteiger charge is 2.11. The molecule has 0 aliphatic heterocycles. The van der Waals surface area contributed by atoms with Crippen LogP contribution in [0.5, 0.6) is 0 Å². The lowest BCUT2D eigenvalue weighted by atomic mass is 10.2. The number of fused-ring (bicyclic) bond motifs is 1. The Morgan fingerprint density at radius 1 is 1.21 bits per heavy atom. The Kier molecular flexibility index (Phi) is 2.52. The maximum atomic E-state index is 10.9. The third kappa shape index (κ3) is 1.85. The average molecular weight is 253 g/mol. The van der Waals surface area contributed by atoms with Crippen molar-refractivity contribution in [2.24, 2.45) is 0 Å². The van der Waals surface area contributed by atoms with Gasteiger partial charge in [-0.25, -0.2) is 4.68 Å². The fraction of sp³-hybridized carbons (Fsp3) is 0.0714. The number of nitro groups is 1. The summed E-state index contributed by atoms with van der Waals surface area (Å²) in [7, 11) is 0. The van der Waals surface area contributed by atoms with E-state index in [4.69, 9.17) is 0 Å². The van der Waals surface area contributed by atoms with Crippen molar-refractivity contribution in [3.05, 3.63) is 64.3 Å². The van der Waals surface area contributed by atoms with E-state index < -0.39 is 4.92 Å². The van der Waals surface area contributed by atoms with Crippen LogP contribution >= 0.6 is 0 Å². The molecule has 1 aromatic heterocycles. The van der Waals surface area contributed by atoms with Crippen molar-refractivity contribution in [3.8, 4) is 5.69 Å². The third-order valence-corrected chi connectivity index (χ3v) is 3.11. The van der Waals surface area contributed by atoms with Gasteiger partial charge in [-0.15, -0.1) is 0 Å². The van der Waals surface area contributed by atoms with E-state index in [1.54, 1.807) is 23.0 Å². The quantitative estimate of drug-likeness (QED) is 0.520. The van der Waals surface area contributed by atoms with Gasteiger partial charge in [0.25, 0.3) is 5.69 Å². The summed E-state index contributed by atoms with van der Waals surface area (Å²) in [6.45, 7) is 1.99. The van der Waals surface area contributed by atoms with Crippen molar-refractivity contribution in [1.82, 2.24) is 9.78 Å². The van der Waals surface area contributed by atoms with Crippen LogP contribution in [0.15, 0.2) is 48.7 Å². The molecule has 0 bridgehead atoms. The molecular formula is C14H11N3O2. The molecule has 0 saturated heterocycles. The first kappa shape index (κ1) is 11.4. The van der Waals surface area contributed by atoms with E-state index >= 15 is 0 Å². The molecule has 5 heteroatoms. The first-order valence-electron chi connectivity index (χ1n) is 5.85. The number of nitro benzene ring substituents is 1. The summed E-state index contributed by atoms with van der Waals surface area (Å²) >= 11 is 0. The molecule has 0 fully saturated rings. The molecule has 0 radical (unpaired) electrons. The molecule has 0 spiro atoms. The Bertz CT molecular complexity index is 777. The molecular weight excluding hydrogens is 242 g/mol. The van der Waals surface area contributed by atoms with E-state index in [9.17, 15) is 10.1 Å². The smallest absolute Gasteiger partial charge is 0.258 e. The number of hydrogen-bond acceptors (Lipinski definition) is 3. The van der Waals surface area contributed by atoms with Crippen LogP contribution in [0.2, 0.25) is 0 Å². The highest BCUT2D eigenvalue weighted by atomic mass is 16.6. The molecule has 3 rings (SSSR count). The van der Waals surface area contributed by atoms with Gasteiger partial charge in [0, 0.05) is 17.5 Å². The second kappa shape index (κ2) is 4.20. The van der Waals surface area contributed by atoms with Gasteiger partial charge in [-0.05, 0) is 24.6 Å². The lowest BCUT2D eigenvalue weighted by molar-refractivity contribution is -0.384. The van der Waals surface area contributed by atoms with Crippen LogP contribution in [0.1, 0.15) is 5.56 Å². The predicted octanol–water partition coefficient (Wildman–Crippen LogP) is 3.24. The molecule has 0 atom stereocenters. The van der Waals surface area contributed by atoms with Gasteiger partial charge in [-0.2, -0.15) is 5.10 Å². The largest absolute Gasteiger partial charge is 0.271 e. The zero-order valence-electron chi connectivity index (χ0n) is 10.3. The number of non-ortho nitro benzene ring substituents is 1. The van der Waals surface area contributed by atoms with E-state index in [0.29, 0.717) is 0 Å². The molecule has 0 aliphatic carbocycles. The fourth-order valence-corrected chi connectivity index (χ4v) is 2.11. The van der Waals surface area contributed by atoms with Gasteiger partial charge in [-0.3, -0.25) is 10.1 Å². The topological polar surface area (TPSA) is 61.0 Å². The standard InChI is InChI=1S/C14H11N3O2/c1-10-4-2-3-5-13(10)16-14-8-12(17(18)19)7-6-11(14)9-15-16/h2-9H,1H3. The number of para-hydroxylation sites is 1. The molecule has 5 nitrogen and oxygen atoms in total. The third-order valence-electron chi connectivity index (χ3n) is 3.11. The highest BCUT2D eigenvalue weighted by molar-refractivity contribution is 5.82. The van der Waals surface area contributed by atoms with Gasteiger partial charge in [0.1, 0.15) is 0 Å². The van der Waals surface area contributed by atoms with Crippen molar-refractivity contribution in [1.29, 1.82) is 0 Å². The maximum Gasteiger partial charge on any atom is 0.271 e. The molecule has 0 amide bonds. The van der Waals surface area contributed by atoms with Crippen LogP contribution in [0.25, 0.3) is 16.6 Å². The molecule has 0 N–H and O–H groups in total. The summed E-state index contributed by atoms with van der Waals surface area (Å²) in [5, 5.41) is 16.1. The van der Waals surface area contributed by atoms with Gasteiger partial charge in [0.15, 0.2) is 0 Å². The normalized spacial score (nSPS) is 10.8. The van der Waals surface area contributed by atoms with Crippen molar-refractivity contribution < 1.29 is 4.92 Å². The van der Waals surface area contributed by atoms with Crippen molar-refractivity contribution in [2.45, 2.75) is 6.92 Å². The van der Waals surface area contributed by atoms with E-state index in [1.807, 2.05) is 31.2 Å². The number of hydrogen-bond donors (Lipinski definition) is 0. The Morgan fingerprint density at radius 2 is 2.00 bits per heavy atom. The highest BCUT2D eigenvalue weighted by Crippen LogP contribution is 2.24. The summed E-state index contributed by atoms with van der Waals surface area (Å²) in [5.74, 6) is 0. The average Bonchev–Trinajstić information content (AvgIpc) is 2.82. The van der Waals surface area contributed by atoms with Gasteiger partial charge in [-0.1, -0.05) is 18.2 Å². The zero-order valence-corrected chi connectivity index (χ0v) is 10.3. The predicted molar refractivity (Wildman–Crippen MR) is 72.5 cm³/mol. The summed E-state index contributed by atoms with van der Waals surface area (Å²) in [6, 6.07) is 12.6. The molecule has 0 unspecified atom stereocenters. The van der Waals surface area contributed by atoms with Gasteiger partial charge >= 0.3 is 0 Å². The van der Waals surface area contributed by atoms with Gasteiger partial charge < -0.3 is 0 Å². The van der Waals surface area contributed by atoms with Crippen LogP contribution < -0.4 is 0 Å². The summed E-state index contributed by atoms with van der Waals surface area (Å²) in [6.07, 6.45) is 1.71. The summed E-state index contributed by atoms with van der Waals surface area (Å²) in [5.41, 5.74) is 2.81. The maximum absolute atomic E-state index is 10.9. The lowest BCUT2D eigenvalue weighted by Crippen LogP contribution is -1.98. The Morgan fingerprint density at radius 3 is 2.74 bits per heavy atom. The molecule has 94 valence electrons. The number of benzene rings is 2. The van der Waals surface area contributed by atoms with E-state index in [-0.39, 0.29) is 5.69 Å². The van der Waals surface area contributed by atoms with E-state index in [0.717, 1.165) is 22.2 Å². The van der Waals surface area contributed by atoms with E-state index in [1.165, 1.54) is 6.07 Å². The molecule has 0 aliphatic rings. The minimum Gasteiger partial charge on any atom is -0.258 e. The second-order valence-electron chi connectivity index (χ2n) is 4.34. The minimum absolute atomic E-state index is 0.0721. The molecule has 1 heterocycles. The van der Waals surface area contributed by atoms with Gasteiger partial charge in [0.2, 0.25) is 0 Å². The second-order valence-corrected chi connectivity index (χ2v) is 4.34. The van der Waals surface area contributed by atoms with Gasteiger partial charge in [0.05, 0.1) is 22.3 Å². The van der Waals surface area contributed by atoms with Crippen LogP contribution in [-0.2, 0) is 0 Å². The molecule has 3 aromatic rings. The van der Waals surface area contributed by atoms with Crippen LogP contribution in [0.4, 0.5) is 5.69 Å². The Balaban J connectivity index is 2.27. The Labute approximate surface area is 109 Å². The fourth-order valence-electron chi connectivity index (χ4n) is 2.11. The summed E-state index contributed by atoms with van der Waals surface area (Å²) in [4.78, 5) is 10.5. The lowest BCUT2D eigenvalue weighted by Gasteiger charge is -2.06. The Hall–Kier alpha value is -2.69. The van der Waals surface area contributed by atoms with Crippen LogP contribution in [-0.4, -0.2) is 14.7 Å². The number of nitrogens with zero attached hydrogens (tertiary/aromatic N) is 3. The first-order valence-corrected chi connectivity index (χ1v) is 5.85.